The van der Waals surface area contributed by atoms with Crippen molar-refractivity contribution in [3.8, 4) is 0 Å². The fraction of sp³-hybridized carbons (Fsp3) is 0.333. The summed E-state index contributed by atoms with van der Waals surface area (Å²) in [5.74, 6) is -3.57. The van der Waals surface area contributed by atoms with Gasteiger partial charge in [0.25, 0.3) is 5.69 Å². The first-order valence-corrected chi connectivity index (χ1v) is 5.82. The van der Waals surface area contributed by atoms with Crippen LogP contribution in [0.1, 0.15) is 28.9 Å². The molecule has 1 N–H and O–H groups in total. The quantitative estimate of drug-likeness (QED) is 0.678. The summed E-state index contributed by atoms with van der Waals surface area (Å²) in [4.78, 5) is 32.3. The van der Waals surface area contributed by atoms with Crippen molar-refractivity contribution in [2.24, 2.45) is 0 Å². The van der Waals surface area contributed by atoms with E-state index in [4.69, 9.17) is 5.11 Å². The second-order valence-corrected chi connectivity index (χ2v) is 4.43. The lowest BCUT2D eigenvalue weighted by molar-refractivity contribution is -0.385. The summed E-state index contributed by atoms with van der Waals surface area (Å²) in [5, 5.41) is 19.8. The Morgan fingerprint density at radius 1 is 1.36 bits per heavy atom. The Hall–Kier alpha value is -2.65. The average molecular weight is 320 g/mol. The second kappa shape index (κ2) is 6.00. The lowest BCUT2D eigenvalue weighted by atomic mass is 10.0. The normalized spacial score (nSPS) is 12.6. The summed E-state index contributed by atoms with van der Waals surface area (Å²) in [6.45, 7) is 1.17. The Balaban J connectivity index is 3.28. The summed E-state index contributed by atoms with van der Waals surface area (Å²) >= 11 is 0. The van der Waals surface area contributed by atoms with Gasteiger partial charge < -0.3 is 10.0 Å². The summed E-state index contributed by atoms with van der Waals surface area (Å²) in [6.07, 6.45) is -5.11. The van der Waals surface area contributed by atoms with Crippen LogP contribution in [0.5, 0.6) is 0 Å². The van der Waals surface area contributed by atoms with E-state index in [1.165, 1.54) is 6.92 Å². The smallest absolute Gasteiger partial charge is 0.471 e. The number of nitrogens with zero attached hydrogens (tertiary/aromatic N) is 2. The number of carboxylic acid groups (broad SMARTS) is 1. The molecule has 1 atom stereocenters. The number of alkyl halides is 3. The zero-order valence-electron chi connectivity index (χ0n) is 11.4. The topological polar surface area (TPSA) is 101 Å². The van der Waals surface area contributed by atoms with Crippen LogP contribution in [0, 0.1) is 10.1 Å². The molecule has 0 aliphatic carbocycles. The minimum absolute atomic E-state index is 0.199. The molecule has 0 saturated heterocycles. The van der Waals surface area contributed by atoms with Gasteiger partial charge in [0.15, 0.2) is 0 Å². The number of hydrogen-bond acceptors (Lipinski definition) is 4. The molecule has 0 aliphatic heterocycles. The molecule has 1 aromatic carbocycles. The van der Waals surface area contributed by atoms with Crippen molar-refractivity contribution in [3.05, 3.63) is 39.4 Å². The molecule has 7 nitrogen and oxygen atoms in total. The van der Waals surface area contributed by atoms with Gasteiger partial charge in [-0.05, 0) is 19.1 Å². The molecule has 0 fully saturated rings. The van der Waals surface area contributed by atoms with Crippen molar-refractivity contribution < 1.29 is 32.8 Å². The lowest BCUT2D eigenvalue weighted by Gasteiger charge is -2.25. The first kappa shape index (κ1) is 17.4. The third-order valence-corrected chi connectivity index (χ3v) is 3.07. The zero-order chi connectivity index (χ0) is 17.2. The number of benzene rings is 1. The molecule has 0 bridgehead atoms. The molecule has 0 spiro atoms. The molecule has 22 heavy (non-hydrogen) atoms. The van der Waals surface area contributed by atoms with Crippen molar-refractivity contribution in [3.63, 3.8) is 0 Å². The van der Waals surface area contributed by atoms with Gasteiger partial charge in [-0.2, -0.15) is 13.2 Å². The fourth-order valence-corrected chi connectivity index (χ4v) is 1.77. The largest absolute Gasteiger partial charge is 0.478 e. The second-order valence-electron chi connectivity index (χ2n) is 4.43. The molecule has 1 amide bonds. The van der Waals surface area contributed by atoms with Crippen LogP contribution in [0.15, 0.2) is 18.2 Å². The predicted molar refractivity (Wildman–Crippen MR) is 67.3 cm³/mol. The van der Waals surface area contributed by atoms with Crippen molar-refractivity contribution in [2.75, 3.05) is 7.05 Å². The summed E-state index contributed by atoms with van der Waals surface area (Å²) < 4.78 is 37.2. The van der Waals surface area contributed by atoms with E-state index in [9.17, 15) is 32.9 Å². The highest BCUT2D eigenvalue weighted by atomic mass is 19.4. The van der Waals surface area contributed by atoms with Crippen LogP contribution >= 0.6 is 0 Å². The maximum Gasteiger partial charge on any atom is 0.471 e. The molecule has 0 unspecified atom stereocenters. The number of halogens is 3. The maximum absolute atomic E-state index is 12.4. The number of carboxylic acids is 1. The summed E-state index contributed by atoms with van der Waals surface area (Å²) in [5.41, 5.74) is -1.25. The van der Waals surface area contributed by atoms with Gasteiger partial charge in [0.2, 0.25) is 0 Å². The highest BCUT2D eigenvalue weighted by Gasteiger charge is 2.43. The molecule has 1 rings (SSSR count). The Morgan fingerprint density at radius 2 is 1.91 bits per heavy atom. The molecular weight excluding hydrogens is 309 g/mol. The highest BCUT2D eigenvalue weighted by molar-refractivity contribution is 5.88. The van der Waals surface area contributed by atoms with Crippen LogP contribution < -0.4 is 0 Å². The number of rotatable bonds is 4. The number of carbonyl (C=O) groups is 2. The molecule has 0 aromatic heterocycles. The summed E-state index contributed by atoms with van der Waals surface area (Å²) in [7, 11) is 0.856. The third kappa shape index (κ3) is 3.51. The predicted octanol–water partition coefficient (Wildman–Crippen LogP) is 2.37. The van der Waals surface area contributed by atoms with Gasteiger partial charge in [0, 0.05) is 13.1 Å². The van der Waals surface area contributed by atoms with Gasteiger partial charge in [0.05, 0.1) is 22.1 Å². The van der Waals surface area contributed by atoms with Gasteiger partial charge in [-0.3, -0.25) is 14.9 Å². The van der Waals surface area contributed by atoms with Gasteiger partial charge in [-0.1, -0.05) is 0 Å². The Bertz CT molecular complexity index is 630. The van der Waals surface area contributed by atoms with Crippen LogP contribution in [-0.2, 0) is 4.79 Å². The number of hydrogen-bond donors (Lipinski definition) is 1. The van der Waals surface area contributed by atoms with E-state index in [1.807, 2.05) is 0 Å². The van der Waals surface area contributed by atoms with Crippen molar-refractivity contribution >= 4 is 17.6 Å². The van der Waals surface area contributed by atoms with Crippen LogP contribution in [-0.4, -0.2) is 40.0 Å². The first-order valence-electron chi connectivity index (χ1n) is 5.82. The standard InChI is InChI=1S/C12H11F3N2O5/c1-6(16(2)11(20)12(13,14)15)8-4-3-7(10(18)19)5-9(8)17(21)22/h3-6H,1-2H3,(H,18,19)/t6-/m0/s1. The minimum atomic E-state index is -5.11. The fourth-order valence-electron chi connectivity index (χ4n) is 1.77. The van der Waals surface area contributed by atoms with E-state index in [-0.39, 0.29) is 11.1 Å². The van der Waals surface area contributed by atoms with Crippen LogP contribution in [0.4, 0.5) is 18.9 Å². The zero-order valence-corrected chi connectivity index (χ0v) is 11.4. The van der Waals surface area contributed by atoms with Gasteiger partial charge in [0.1, 0.15) is 0 Å². The van der Waals surface area contributed by atoms with E-state index < -0.39 is 34.7 Å². The monoisotopic (exact) mass is 320 g/mol. The van der Waals surface area contributed by atoms with Crippen molar-refractivity contribution in [1.82, 2.24) is 4.90 Å². The average Bonchev–Trinajstić information content (AvgIpc) is 2.43. The van der Waals surface area contributed by atoms with Gasteiger partial charge >= 0.3 is 18.1 Å². The van der Waals surface area contributed by atoms with Gasteiger partial charge in [-0.15, -0.1) is 0 Å². The molecule has 120 valence electrons. The molecule has 0 aliphatic rings. The van der Waals surface area contributed by atoms with Crippen LogP contribution in [0.2, 0.25) is 0 Å². The van der Waals surface area contributed by atoms with E-state index in [0.29, 0.717) is 4.90 Å². The van der Waals surface area contributed by atoms with Crippen molar-refractivity contribution in [2.45, 2.75) is 19.1 Å². The minimum Gasteiger partial charge on any atom is -0.478 e. The maximum atomic E-state index is 12.4. The van der Waals surface area contributed by atoms with E-state index in [0.717, 1.165) is 25.2 Å². The summed E-state index contributed by atoms with van der Waals surface area (Å²) in [6, 6.07) is 1.51. The highest BCUT2D eigenvalue weighted by Crippen LogP contribution is 2.31. The van der Waals surface area contributed by atoms with E-state index >= 15 is 0 Å². The first-order chi connectivity index (χ1) is 9.96. The van der Waals surface area contributed by atoms with Crippen LogP contribution in [0.25, 0.3) is 0 Å². The number of carbonyl (C=O) groups excluding carboxylic acids is 1. The molecular formula is C12H11F3N2O5. The van der Waals surface area contributed by atoms with E-state index in [2.05, 4.69) is 0 Å². The lowest BCUT2D eigenvalue weighted by Crippen LogP contribution is -2.40. The molecule has 10 heteroatoms. The number of amides is 1. The Kier molecular flexibility index (Phi) is 4.74. The molecule has 0 radical (unpaired) electrons. The SMILES string of the molecule is C[C@@H](c1ccc(C(=O)O)cc1[N+](=O)[O-])N(C)C(=O)C(F)(F)F. The number of nitro groups is 1. The molecule has 0 saturated carbocycles. The number of aromatic carboxylic acids is 1. The Morgan fingerprint density at radius 3 is 2.32 bits per heavy atom. The van der Waals surface area contributed by atoms with Gasteiger partial charge in [-0.25, -0.2) is 4.79 Å². The van der Waals surface area contributed by atoms with E-state index in [1.54, 1.807) is 0 Å². The molecule has 0 heterocycles. The number of nitro benzene ring substituents is 1. The molecule has 1 aromatic rings. The van der Waals surface area contributed by atoms with Crippen LogP contribution in [0.3, 0.4) is 0 Å². The third-order valence-electron chi connectivity index (χ3n) is 3.07. The Labute approximate surface area is 122 Å². The van der Waals surface area contributed by atoms with Crippen molar-refractivity contribution in [1.29, 1.82) is 0 Å².